The lowest BCUT2D eigenvalue weighted by molar-refractivity contribution is 0.229. The minimum Gasteiger partial charge on any atom is -0.323 e. The SMILES string of the molecule is CC(Cn1c(=S)[nH]c2sccc2c1=O)C(C)(C)C. The van der Waals surface area contributed by atoms with Gasteiger partial charge in [-0.25, -0.2) is 0 Å². The van der Waals surface area contributed by atoms with E-state index >= 15 is 0 Å². The molecular formula is C13H18N2OS2. The molecule has 18 heavy (non-hydrogen) atoms. The van der Waals surface area contributed by atoms with Crippen LogP contribution >= 0.6 is 23.6 Å². The maximum atomic E-state index is 12.4. The number of H-pyrrole nitrogens is 1. The molecule has 0 bridgehead atoms. The second-order valence-electron chi connectivity index (χ2n) is 5.78. The number of hydrogen-bond acceptors (Lipinski definition) is 3. The van der Waals surface area contributed by atoms with Crippen molar-refractivity contribution in [1.82, 2.24) is 9.55 Å². The van der Waals surface area contributed by atoms with Crippen molar-refractivity contribution in [2.75, 3.05) is 0 Å². The second kappa shape index (κ2) is 4.63. The Morgan fingerprint density at radius 2 is 2.17 bits per heavy atom. The summed E-state index contributed by atoms with van der Waals surface area (Å²) in [5, 5.41) is 2.64. The van der Waals surface area contributed by atoms with Gasteiger partial charge in [-0.05, 0) is 35.0 Å². The minimum atomic E-state index is 0.0195. The molecule has 5 heteroatoms. The largest absolute Gasteiger partial charge is 0.323 e. The number of aromatic nitrogens is 2. The highest BCUT2D eigenvalue weighted by atomic mass is 32.1. The molecule has 0 aliphatic rings. The Morgan fingerprint density at radius 1 is 1.50 bits per heavy atom. The summed E-state index contributed by atoms with van der Waals surface area (Å²) in [6.07, 6.45) is 0. The van der Waals surface area contributed by atoms with Gasteiger partial charge in [0.2, 0.25) is 0 Å². The average Bonchev–Trinajstić information content (AvgIpc) is 2.70. The molecule has 1 unspecified atom stereocenters. The van der Waals surface area contributed by atoms with Crippen molar-refractivity contribution in [3.8, 4) is 0 Å². The van der Waals surface area contributed by atoms with E-state index < -0.39 is 0 Å². The van der Waals surface area contributed by atoms with Gasteiger partial charge in [0.1, 0.15) is 4.83 Å². The van der Waals surface area contributed by atoms with Crippen molar-refractivity contribution in [2.45, 2.75) is 34.2 Å². The minimum absolute atomic E-state index is 0.0195. The fraction of sp³-hybridized carbons (Fsp3) is 0.538. The molecule has 0 spiro atoms. The molecule has 0 radical (unpaired) electrons. The summed E-state index contributed by atoms with van der Waals surface area (Å²) in [5.41, 5.74) is 0.177. The first-order valence-corrected chi connectivity index (χ1v) is 7.30. The zero-order chi connectivity index (χ0) is 13.5. The fourth-order valence-electron chi connectivity index (χ4n) is 1.69. The van der Waals surface area contributed by atoms with Crippen LogP contribution in [0.15, 0.2) is 16.2 Å². The predicted molar refractivity (Wildman–Crippen MR) is 79.9 cm³/mol. The molecular weight excluding hydrogens is 264 g/mol. The van der Waals surface area contributed by atoms with Crippen LogP contribution in [0.1, 0.15) is 27.7 Å². The summed E-state index contributed by atoms with van der Waals surface area (Å²) in [7, 11) is 0. The summed E-state index contributed by atoms with van der Waals surface area (Å²) in [4.78, 5) is 16.4. The van der Waals surface area contributed by atoms with Crippen molar-refractivity contribution >= 4 is 33.8 Å². The molecule has 2 rings (SSSR count). The smallest absolute Gasteiger partial charge is 0.263 e. The first kappa shape index (κ1) is 13.5. The van der Waals surface area contributed by atoms with E-state index in [1.54, 1.807) is 4.57 Å². The van der Waals surface area contributed by atoms with Gasteiger partial charge in [0.25, 0.3) is 5.56 Å². The van der Waals surface area contributed by atoms with Gasteiger partial charge in [0.05, 0.1) is 5.39 Å². The van der Waals surface area contributed by atoms with Gasteiger partial charge in [-0.1, -0.05) is 27.7 Å². The Labute approximate surface area is 115 Å². The normalized spacial score (nSPS) is 14.0. The third-order valence-electron chi connectivity index (χ3n) is 3.54. The summed E-state index contributed by atoms with van der Waals surface area (Å²) in [6, 6.07) is 1.85. The van der Waals surface area contributed by atoms with Crippen LogP contribution in [-0.2, 0) is 6.54 Å². The van der Waals surface area contributed by atoms with E-state index in [0.717, 1.165) is 10.2 Å². The second-order valence-corrected chi connectivity index (χ2v) is 7.08. The number of hydrogen-bond donors (Lipinski definition) is 1. The third-order valence-corrected chi connectivity index (χ3v) is 4.69. The molecule has 2 aromatic rings. The van der Waals surface area contributed by atoms with Crippen LogP contribution in [0.25, 0.3) is 10.2 Å². The van der Waals surface area contributed by atoms with Gasteiger partial charge < -0.3 is 4.98 Å². The van der Waals surface area contributed by atoms with E-state index in [0.29, 0.717) is 17.2 Å². The molecule has 0 saturated heterocycles. The Balaban J connectivity index is 2.52. The number of fused-ring (bicyclic) bond motifs is 1. The molecule has 0 fully saturated rings. The maximum Gasteiger partial charge on any atom is 0.263 e. The molecule has 0 aromatic carbocycles. The summed E-state index contributed by atoms with van der Waals surface area (Å²) in [5.74, 6) is 0.376. The molecule has 98 valence electrons. The predicted octanol–water partition coefficient (Wildman–Crippen LogP) is 3.80. The van der Waals surface area contributed by atoms with Crippen LogP contribution in [0, 0.1) is 16.1 Å². The van der Waals surface area contributed by atoms with Gasteiger partial charge >= 0.3 is 0 Å². The van der Waals surface area contributed by atoms with Crippen molar-refractivity contribution < 1.29 is 0 Å². The first-order valence-electron chi connectivity index (χ1n) is 6.01. The van der Waals surface area contributed by atoms with E-state index in [1.165, 1.54) is 11.3 Å². The molecule has 0 saturated carbocycles. The average molecular weight is 282 g/mol. The van der Waals surface area contributed by atoms with Gasteiger partial charge in [-0.2, -0.15) is 0 Å². The molecule has 2 aromatic heterocycles. The molecule has 3 nitrogen and oxygen atoms in total. The molecule has 0 aliphatic carbocycles. The topological polar surface area (TPSA) is 37.8 Å². The first-order chi connectivity index (χ1) is 8.30. The Morgan fingerprint density at radius 3 is 2.78 bits per heavy atom. The lowest BCUT2D eigenvalue weighted by Gasteiger charge is -2.27. The Hall–Kier alpha value is -0.940. The quantitative estimate of drug-likeness (QED) is 0.851. The Kier molecular flexibility index (Phi) is 3.47. The van der Waals surface area contributed by atoms with Crippen molar-refractivity contribution in [3.63, 3.8) is 0 Å². The zero-order valence-electron chi connectivity index (χ0n) is 11.1. The summed E-state index contributed by atoms with van der Waals surface area (Å²) in [6.45, 7) is 9.35. The Bertz CT molecular complexity index is 673. The summed E-state index contributed by atoms with van der Waals surface area (Å²) >= 11 is 6.80. The molecule has 1 N–H and O–H groups in total. The standard InChI is InChI=1S/C13H18N2OS2/c1-8(13(2,3)4)7-15-11(16)9-5-6-18-10(9)14-12(15)17/h5-6,8H,7H2,1-4H3,(H,14,17). The van der Waals surface area contributed by atoms with Crippen LogP contribution in [0.2, 0.25) is 0 Å². The van der Waals surface area contributed by atoms with Gasteiger partial charge in [-0.15, -0.1) is 11.3 Å². The van der Waals surface area contributed by atoms with E-state index in [2.05, 4.69) is 32.7 Å². The zero-order valence-corrected chi connectivity index (χ0v) is 12.7. The molecule has 0 amide bonds. The van der Waals surface area contributed by atoms with Gasteiger partial charge in [0.15, 0.2) is 4.77 Å². The summed E-state index contributed by atoms with van der Waals surface area (Å²) < 4.78 is 2.20. The van der Waals surface area contributed by atoms with Crippen LogP contribution in [-0.4, -0.2) is 9.55 Å². The van der Waals surface area contributed by atoms with Crippen LogP contribution < -0.4 is 5.56 Å². The number of rotatable bonds is 2. The van der Waals surface area contributed by atoms with E-state index in [4.69, 9.17) is 12.2 Å². The van der Waals surface area contributed by atoms with Crippen LogP contribution in [0.3, 0.4) is 0 Å². The van der Waals surface area contributed by atoms with Crippen LogP contribution in [0.4, 0.5) is 0 Å². The van der Waals surface area contributed by atoms with E-state index in [-0.39, 0.29) is 11.0 Å². The van der Waals surface area contributed by atoms with Gasteiger partial charge in [0, 0.05) is 6.54 Å². The fourth-order valence-corrected chi connectivity index (χ4v) is 2.79. The number of thiophene rings is 1. The molecule has 1 atom stereocenters. The number of nitrogens with zero attached hydrogens (tertiary/aromatic N) is 1. The highest BCUT2D eigenvalue weighted by Gasteiger charge is 2.21. The van der Waals surface area contributed by atoms with Gasteiger partial charge in [-0.3, -0.25) is 9.36 Å². The number of nitrogens with one attached hydrogen (secondary N) is 1. The lowest BCUT2D eigenvalue weighted by atomic mass is 9.82. The van der Waals surface area contributed by atoms with Crippen LogP contribution in [0.5, 0.6) is 0 Å². The van der Waals surface area contributed by atoms with Crippen molar-refractivity contribution in [2.24, 2.45) is 11.3 Å². The highest BCUT2D eigenvalue weighted by molar-refractivity contribution is 7.71. The van der Waals surface area contributed by atoms with E-state index in [1.807, 2.05) is 11.4 Å². The lowest BCUT2D eigenvalue weighted by Crippen LogP contribution is -2.29. The third kappa shape index (κ3) is 2.42. The number of aromatic amines is 1. The van der Waals surface area contributed by atoms with E-state index in [9.17, 15) is 4.79 Å². The van der Waals surface area contributed by atoms with Crippen molar-refractivity contribution in [3.05, 3.63) is 26.6 Å². The monoisotopic (exact) mass is 282 g/mol. The van der Waals surface area contributed by atoms with Crippen molar-refractivity contribution in [1.29, 1.82) is 0 Å². The highest BCUT2D eigenvalue weighted by Crippen LogP contribution is 2.26. The molecule has 0 aliphatic heterocycles. The molecule has 2 heterocycles. The maximum absolute atomic E-state index is 12.4.